The molecule has 2 N–H and O–H groups in total. The molecule has 7 heteroatoms. The molecule has 0 bridgehead atoms. The number of ether oxygens (including phenoxy) is 1. The van der Waals surface area contributed by atoms with Crippen molar-refractivity contribution < 1.29 is 14.3 Å². The molecule has 0 aliphatic rings. The molecule has 7 nitrogen and oxygen atoms in total. The molecule has 1 unspecified atom stereocenters. The number of rotatable bonds is 14. The number of nitrogens with one attached hydrogen (secondary N) is 2. The van der Waals surface area contributed by atoms with E-state index < -0.39 is 6.04 Å². The molecule has 0 saturated heterocycles. The first-order valence-electron chi connectivity index (χ1n) is 15.7. The van der Waals surface area contributed by atoms with E-state index in [9.17, 15) is 9.59 Å². The van der Waals surface area contributed by atoms with Crippen molar-refractivity contribution in [1.29, 1.82) is 0 Å². The van der Waals surface area contributed by atoms with Crippen LogP contribution >= 0.6 is 0 Å². The van der Waals surface area contributed by atoms with E-state index in [2.05, 4.69) is 62.3 Å². The quantitative estimate of drug-likeness (QED) is 0.165. The maximum Gasteiger partial charge on any atom is 0.252 e. The molecule has 3 aromatic carbocycles. The van der Waals surface area contributed by atoms with Crippen LogP contribution in [0.2, 0.25) is 0 Å². The Morgan fingerprint density at radius 3 is 2.25 bits per heavy atom. The Bertz CT molecular complexity index is 1530. The van der Waals surface area contributed by atoms with Gasteiger partial charge in [0.2, 0.25) is 5.91 Å². The average Bonchev–Trinajstić information content (AvgIpc) is 3.03. The van der Waals surface area contributed by atoms with Gasteiger partial charge in [-0.05, 0) is 94.1 Å². The van der Waals surface area contributed by atoms with Gasteiger partial charge < -0.3 is 15.4 Å². The van der Waals surface area contributed by atoms with E-state index in [1.807, 2.05) is 66.7 Å². The Morgan fingerprint density at radius 1 is 0.909 bits per heavy atom. The molecule has 0 aliphatic heterocycles. The molecule has 0 radical (unpaired) electrons. The maximum atomic E-state index is 14.2. The molecule has 4 aromatic rings. The summed E-state index contributed by atoms with van der Waals surface area (Å²) in [7, 11) is 1.63. The van der Waals surface area contributed by atoms with Crippen molar-refractivity contribution in [1.82, 2.24) is 20.5 Å². The van der Waals surface area contributed by atoms with Crippen molar-refractivity contribution in [3.8, 4) is 17.0 Å². The standard InChI is InChI=1S/C37H46N4O3/c1-7-8-12-27-15-20-33-31(23-27)32(24-34(39-33)28-16-18-30(44-6)19-17-28)36(42)40-35(29-13-10-9-11-14-29)37(43)38-21-22-41(25(2)3)26(4)5/h9-11,13-20,23-26,35H,7-8,12,21-22H2,1-6H3,(H,38,43)(H,40,42). The Morgan fingerprint density at radius 2 is 1.61 bits per heavy atom. The second kappa shape index (κ2) is 15.5. The van der Waals surface area contributed by atoms with Gasteiger partial charge in [-0.25, -0.2) is 4.98 Å². The van der Waals surface area contributed by atoms with Crippen LogP contribution < -0.4 is 15.4 Å². The summed E-state index contributed by atoms with van der Waals surface area (Å²) in [6.07, 6.45) is 3.07. The fourth-order valence-corrected chi connectivity index (χ4v) is 5.58. The minimum atomic E-state index is -0.855. The van der Waals surface area contributed by atoms with Crippen LogP contribution in [0.1, 0.15) is 75.0 Å². The highest BCUT2D eigenvalue weighted by Gasteiger charge is 2.25. The van der Waals surface area contributed by atoms with Crippen LogP contribution in [-0.2, 0) is 11.2 Å². The first kappa shape index (κ1) is 32.7. The Labute approximate surface area is 262 Å². The maximum absolute atomic E-state index is 14.2. The number of hydrogen-bond acceptors (Lipinski definition) is 5. The van der Waals surface area contributed by atoms with Crippen LogP contribution in [0.15, 0.2) is 78.9 Å². The Hall–Kier alpha value is -4.23. The molecule has 0 saturated carbocycles. The zero-order chi connectivity index (χ0) is 31.6. The Kier molecular flexibility index (Phi) is 11.5. The summed E-state index contributed by atoms with van der Waals surface area (Å²) in [6.45, 7) is 12.0. The number of unbranched alkanes of at least 4 members (excludes halogenated alkanes) is 1. The number of pyridine rings is 1. The van der Waals surface area contributed by atoms with Gasteiger partial charge in [-0.3, -0.25) is 14.5 Å². The van der Waals surface area contributed by atoms with E-state index in [0.29, 0.717) is 29.9 Å². The van der Waals surface area contributed by atoms with Crippen LogP contribution in [-0.4, -0.2) is 54.0 Å². The third-order valence-corrected chi connectivity index (χ3v) is 7.99. The number of carbonyl (C=O) groups excluding carboxylic acids is 2. The van der Waals surface area contributed by atoms with Crippen LogP contribution in [0.3, 0.4) is 0 Å². The lowest BCUT2D eigenvalue weighted by Crippen LogP contribution is -2.45. The number of fused-ring (bicyclic) bond motifs is 1. The fraction of sp³-hybridized carbons (Fsp3) is 0.378. The number of methoxy groups -OCH3 is 1. The number of amides is 2. The summed E-state index contributed by atoms with van der Waals surface area (Å²) < 4.78 is 5.33. The summed E-state index contributed by atoms with van der Waals surface area (Å²) in [5.74, 6) is 0.180. The van der Waals surface area contributed by atoms with Gasteiger partial charge in [-0.15, -0.1) is 0 Å². The molecule has 1 heterocycles. The summed E-state index contributed by atoms with van der Waals surface area (Å²) >= 11 is 0. The minimum Gasteiger partial charge on any atom is -0.497 e. The number of aryl methyl sites for hydroxylation is 1. The first-order chi connectivity index (χ1) is 21.2. The molecule has 1 aromatic heterocycles. The number of aromatic nitrogens is 1. The summed E-state index contributed by atoms with van der Waals surface area (Å²) in [4.78, 5) is 35.1. The summed E-state index contributed by atoms with van der Waals surface area (Å²) in [5.41, 5.74) is 4.64. The molecule has 232 valence electrons. The van der Waals surface area contributed by atoms with Crippen LogP contribution in [0, 0.1) is 0 Å². The summed E-state index contributed by atoms with van der Waals surface area (Å²) in [5, 5.41) is 6.92. The SMILES string of the molecule is CCCCc1ccc2nc(-c3ccc(OC)cc3)cc(C(=O)NC(C(=O)NCCN(C(C)C)C(C)C)c3ccccc3)c2c1. The average molecular weight is 595 g/mol. The normalized spacial score (nSPS) is 12.1. The van der Waals surface area contributed by atoms with Crippen molar-refractivity contribution in [2.75, 3.05) is 20.2 Å². The topological polar surface area (TPSA) is 83.6 Å². The van der Waals surface area contributed by atoms with Crippen LogP contribution in [0.4, 0.5) is 0 Å². The second-order valence-electron chi connectivity index (χ2n) is 11.8. The predicted octanol–water partition coefficient (Wildman–Crippen LogP) is 6.96. The van der Waals surface area contributed by atoms with Gasteiger partial charge in [-0.2, -0.15) is 0 Å². The Balaban J connectivity index is 1.69. The van der Waals surface area contributed by atoms with Gasteiger partial charge in [0.25, 0.3) is 5.91 Å². The number of hydrogen-bond donors (Lipinski definition) is 2. The highest BCUT2D eigenvalue weighted by atomic mass is 16.5. The lowest BCUT2D eigenvalue weighted by atomic mass is 9.99. The molecule has 0 aliphatic carbocycles. The fourth-order valence-electron chi connectivity index (χ4n) is 5.58. The molecule has 0 spiro atoms. The second-order valence-corrected chi connectivity index (χ2v) is 11.8. The van der Waals surface area contributed by atoms with Crippen LogP contribution in [0.25, 0.3) is 22.2 Å². The van der Waals surface area contributed by atoms with Crippen molar-refractivity contribution >= 4 is 22.7 Å². The molecular formula is C37H46N4O3. The van der Waals surface area contributed by atoms with Gasteiger partial charge in [0.15, 0.2) is 0 Å². The molecule has 0 fully saturated rings. The molecule has 4 rings (SSSR count). The van der Waals surface area contributed by atoms with Crippen LogP contribution in [0.5, 0.6) is 5.75 Å². The highest BCUT2D eigenvalue weighted by Crippen LogP contribution is 2.28. The van der Waals surface area contributed by atoms with Crippen molar-refractivity contribution in [2.24, 2.45) is 0 Å². The molecular weight excluding hydrogens is 548 g/mol. The van der Waals surface area contributed by atoms with E-state index in [1.165, 1.54) is 0 Å². The zero-order valence-corrected chi connectivity index (χ0v) is 26.9. The number of carbonyl (C=O) groups is 2. The monoisotopic (exact) mass is 594 g/mol. The third-order valence-electron chi connectivity index (χ3n) is 7.99. The number of benzene rings is 3. The highest BCUT2D eigenvalue weighted by molar-refractivity contribution is 6.08. The van der Waals surface area contributed by atoms with Crippen molar-refractivity contribution in [3.63, 3.8) is 0 Å². The van der Waals surface area contributed by atoms with Crippen molar-refractivity contribution in [2.45, 2.75) is 72.0 Å². The molecule has 2 amide bonds. The first-order valence-corrected chi connectivity index (χ1v) is 15.7. The van der Waals surface area contributed by atoms with Gasteiger partial charge in [-0.1, -0.05) is 49.7 Å². The van der Waals surface area contributed by atoms with E-state index in [4.69, 9.17) is 9.72 Å². The van der Waals surface area contributed by atoms with Gasteiger partial charge >= 0.3 is 0 Å². The van der Waals surface area contributed by atoms with Gasteiger partial charge in [0.1, 0.15) is 11.8 Å². The van der Waals surface area contributed by atoms with Gasteiger partial charge in [0, 0.05) is 36.1 Å². The van der Waals surface area contributed by atoms with Crippen molar-refractivity contribution in [3.05, 3.63) is 95.6 Å². The smallest absolute Gasteiger partial charge is 0.252 e. The lowest BCUT2D eigenvalue weighted by molar-refractivity contribution is -0.123. The number of nitrogens with zero attached hydrogens (tertiary/aromatic N) is 2. The zero-order valence-electron chi connectivity index (χ0n) is 26.9. The van der Waals surface area contributed by atoms with E-state index >= 15 is 0 Å². The van der Waals surface area contributed by atoms with Gasteiger partial charge in [0.05, 0.1) is 23.9 Å². The predicted molar refractivity (Wildman–Crippen MR) is 179 cm³/mol. The summed E-state index contributed by atoms with van der Waals surface area (Å²) in [6, 6.07) is 24.9. The third kappa shape index (κ3) is 8.23. The van der Waals surface area contributed by atoms with E-state index in [-0.39, 0.29) is 11.8 Å². The van der Waals surface area contributed by atoms with E-state index in [0.717, 1.165) is 59.2 Å². The molecule has 1 atom stereocenters. The minimum absolute atomic E-state index is 0.241. The molecule has 44 heavy (non-hydrogen) atoms. The van der Waals surface area contributed by atoms with E-state index in [1.54, 1.807) is 7.11 Å². The lowest BCUT2D eigenvalue weighted by Gasteiger charge is -2.30. The largest absolute Gasteiger partial charge is 0.497 e.